The average molecular weight is 673 g/mol. The van der Waals surface area contributed by atoms with E-state index in [0.29, 0.717) is 43.7 Å². The second-order valence-corrected chi connectivity index (χ2v) is 13.9. The molecule has 9 nitrogen and oxygen atoms in total. The molecule has 0 N–H and O–H groups in total. The molecular weight excluding hydrogens is 653 g/mol. The number of aromatic nitrogens is 2. The first kappa shape index (κ1) is 30.1. The number of ketones is 2. The van der Waals surface area contributed by atoms with Crippen LogP contribution in [0, 0.1) is 45.3 Å². The molecule has 1 aliphatic heterocycles. The van der Waals surface area contributed by atoms with Gasteiger partial charge in [-0.25, -0.2) is 9.97 Å². The van der Waals surface area contributed by atoms with E-state index >= 15 is 0 Å². The third-order valence-corrected chi connectivity index (χ3v) is 11.4. The summed E-state index contributed by atoms with van der Waals surface area (Å²) in [6.07, 6.45) is 7.66. The third-order valence-electron chi connectivity index (χ3n) is 9.24. The fourth-order valence-corrected chi connectivity index (χ4v) is 9.25. The van der Waals surface area contributed by atoms with E-state index in [0.717, 1.165) is 47.6 Å². The highest BCUT2D eigenvalue weighted by Gasteiger charge is 2.46. The van der Waals surface area contributed by atoms with Crippen molar-refractivity contribution in [2.24, 2.45) is 0 Å². The number of hydrogen-bond acceptors (Lipinski definition) is 11. The largest absolute Gasteiger partial charge is 0.463 e. The van der Waals surface area contributed by atoms with Gasteiger partial charge < -0.3 is 4.74 Å². The standard InChI is InChI=1S/C38H20N6O3S2/c39-16-20(17-40)30-22-8-2-4-10-24(22)32(45)26(30)14-28-43-36-34(48-28)35-37(47-38(36)12-6-1-7-13-38)44-29(49-35)15-27-31(21(18-41)19-42)23-9-3-5-11-25(23)33(27)46/h2-5,8-11,14-15H,1,6-7,12-13H2/b26-14-,27-15-. The van der Waals surface area contributed by atoms with Gasteiger partial charge in [0, 0.05) is 33.4 Å². The highest BCUT2D eigenvalue weighted by molar-refractivity contribution is 7.23. The molecule has 3 aliphatic carbocycles. The van der Waals surface area contributed by atoms with Crippen molar-refractivity contribution in [1.82, 2.24) is 9.97 Å². The second-order valence-electron chi connectivity index (χ2n) is 11.9. The molecule has 232 valence electrons. The van der Waals surface area contributed by atoms with Gasteiger partial charge in [-0.3, -0.25) is 9.59 Å². The SMILES string of the molecule is N#CC(C#N)=C1/C(=C/c2nc3c(s2)-c2sc(/C=C4\C(=O)c5ccccc5C4=C(C#N)C#N)nc2C2(CCCCC2)O3)C(=O)c2ccccc21. The summed E-state index contributed by atoms with van der Waals surface area (Å²) < 4.78 is 6.72. The lowest BCUT2D eigenvalue weighted by Gasteiger charge is -2.38. The molecule has 11 heteroatoms. The lowest BCUT2D eigenvalue weighted by Crippen LogP contribution is -2.38. The van der Waals surface area contributed by atoms with Crippen molar-refractivity contribution in [2.75, 3.05) is 0 Å². The molecule has 4 aliphatic rings. The Balaban J connectivity index is 1.28. The Labute approximate surface area is 288 Å². The molecule has 0 amide bonds. The molecule has 3 heterocycles. The summed E-state index contributed by atoms with van der Waals surface area (Å²) >= 11 is 2.70. The van der Waals surface area contributed by atoms with Crippen LogP contribution in [0.4, 0.5) is 0 Å². The van der Waals surface area contributed by atoms with Crippen LogP contribution < -0.4 is 4.74 Å². The van der Waals surface area contributed by atoms with Crippen LogP contribution in [0.2, 0.25) is 0 Å². The molecule has 0 bridgehead atoms. The summed E-state index contributed by atoms with van der Waals surface area (Å²) in [6.45, 7) is 0. The van der Waals surface area contributed by atoms with Crippen LogP contribution >= 0.6 is 22.7 Å². The van der Waals surface area contributed by atoms with Crippen molar-refractivity contribution in [2.45, 2.75) is 37.7 Å². The predicted octanol–water partition coefficient (Wildman–Crippen LogP) is 7.98. The third kappa shape index (κ3) is 4.53. The Hall–Kier alpha value is -6.24. The van der Waals surface area contributed by atoms with Crippen LogP contribution in [0.3, 0.4) is 0 Å². The zero-order chi connectivity index (χ0) is 33.9. The number of benzene rings is 2. The average Bonchev–Trinajstić information content (AvgIpc) is 3.87. The van der Waals surface area contributed by atoms with E-state index in [1.165, 1.54) is 22.7 Å². The number of rotatable bonds is 2. The van der Waals surface area contributed by atoms with E-state index in [1.807, 2.05) is 24.3 Å². The van der Waals surface area contributed by atoms with Crippen LogP contribution in [0.15, 0.2) is 70.8 Å². The number of nitrogens with zero attached hydrogens (tertiary/aromatic N) is 6. The van der Waals surface area contributed by atoms with Crippen LogP contribution in [-0.4, -0.2) is 21.5 Å². The smallest absolute Gasteiger partial charge is 0.235 e. The van der Waals surface area contributed by atoms with Gasteiger partial charge in [-0.2, -0.15) is 21.0 Å². The van der Waals surface area contributed by atoms with Crippen molar-refractivity contribution < 1.29 is 14.3 Å². The maximum absolute atomic E-state index is 13.6. The van der Waals surface area contributed by atoms with E-state index in [4.69, 9.17) is 14.7 Å². The monoisotopic (exact) mass is 672 g/mol. The Morgan fingerprint density at radius 1 is 0.673 bits per heavy atom. The number of fused-ring (bicyclic) bond motifs is 6. The molecule has 2 aromatic carbocycles. The van der Waals surface area contributed by atoms with Crippen LogP contribution in [0.5, 0.6) is 5.88 Å². The van der Waals surface area contributed by atoms with Gasteiger partial charge in [-0.15, -0.1) is 22.7 Å². The number of carbonyl (C=O) groups excluding carboxylic acids is 2. The minimum absolute atomic E-state index is 0.145. The summed E-state index contributed by atoms with van der Waals surface area (Å²) in [4.78, 5) is 38.6. The first-order valence-corrected chi connectivity index (χ1v) is 17.1. The van der Waals surface area contributed by atoms with Gasteiger partial charge in [0.2, 0.25) is 5.88 Å². The van der Waals surface area contributed by atoms with Crippen molar-refractivity contribution in [1.29, 1.82) is 21.0 Å². The zero-order valence-electron chi connectivity index (χ0n) is 25.5. The minimum Gasteiger partial charge on any atom is -0.463 e. The molecule has 8 rings (SSSR count). The van der Waals surface area contributed by atoms with Gasteiger partial charge in [0.1, 0.15) is 56.0 Å². The topological polar surface area (TPSA) is 164 Å². The Morgan fingerprint density at radius 2 is 1.14 bits per heavy atom. The van der Waals surface area contributed by atoms with E-state index in [1.54, 1.807) is 60.7 Å². The molecule has 0 atom stereocenters. The summed E-state index contributed by atoms with van der Waals surface area (Å²) in [5.74, 6) is -0.151. The van der Waals surface area contributed by atoms with Crippen molar-refractivity contribution in [3.05, 3.63) is 109 Å². The van der Waals surface area contributed by atoms with Gasteiger partial charge >= 0.3 is 0 Å². The Morgan fingerprint density at radius 3 is 1.65 bits per heavy atom. The van der Waals surface area contributed by atoms with E-state index in [-0.39, 0.29) is 39.4 Å². The number of thiazole rings is 2. The summed E-state index contributed by atoms with van der Waals surface area (Å²) in [7, 11) is 0. The number of ether oxygens (including phenoxy) is 1. The first-order valence-electron chi connectivity index (χ1n) is 15.4. The molecular formula is C38H20N6O3S2. The molecule has 0 radical (unpaired) electrons. The van der Waals surface area contributed by atoms with E-state index in [2.05, 4.69) is 0 Å². The number of carbonyl (C=O) groups is 2. The fourth-order valence-electron chi connectivity index (χ4n) is 7.09. The number of allylic oxidation sites excluding steroid dienone is 6. The summed E-state index contributed by atoms with van der Waals surface area (Å²) in [5, 5.41) is 40.0. The Kier molecular flexibility index (Phi) is 7.05. The maximum atomic E-state index is 13.6. The van der Waals surface area contributed by atoms with Gasteiger partial charge in [0.15, 0.2) is 17.2 Å². The maximum Gasteiger partial charge on any atom is 0.235 e. The normalized spacial score (nSPS) is 18.1. The van der Waals surface area contributed by atoms with Gasteiger partial charge in [-0.05, 0) is 49.0 Å². The lowest BCUT2D eigenvalue weighted by atomic mass is 9.80. The number of nitriles is 4. The molecule has 0 saturated heterocycles. The minimum atomic E-state index is -0.725. The highest BCUT2D eigenvalue weighted by Crippen LogP contribution is 2.55. The molecule has 1 saturated carbocycles. The Bertz CT molecular complexity index is 2460. The number of Topliss-reactive ketones (excluding diaryl/α,β-unsaturated/α-hetero) is 2. The van der Waals surface area contributed by atoms with Crippen molar-refractivity contribution in [3.8, 4) is 39.9 Å². The van der Waals surface area contributed by atoms with Crippen molar-refractivity contribution >= 4 is 57.5 Å². The van der Waals surface area contributed by atoms with Gasteiger partial charge in [0.05, 0.1) is 4.88 Å². The first-order chi connectivity index (χ1) is 23.9. The highest BCUT2D eigenvalue weighted by atomic mass is 32.1. The lowest BCUT2D eigenvalue weighted by molar-refractivity contribution is 0.0168. The van der Waals surface area contributed by atoms with Crippen LogP contribution in [-0.2, 0) is 5.60 Å². The number of hydrogen-bond donors (Lipinski definition) is 0. The molecule has 2 aromatic heterocycles. The molecule has 0 unspecified atom stereocenters. The second kappa shape index (κ2) is 11.5. The van der Waals surface area contributed by atoms with Gasteiger partial charge in [-0.1, -0.05) is 55.0 Å². The molecule has 1 fully saturated rings. The van der Waals surface area contributed by atoms with E-state index < -0.39 is 5.60 Å². The summed E-state index contributed by atoms with van der Waals surface area (Å²) in [5.41, 5.74) is 2.70. The van der Waals surface area contributed by atoms with Gasteiger partial charge in [0.25, 0.3) is 0 Å². The molecule has 4 aromatic rings. The summed E-state index contributed by atoms with van der Waals surface area (Å²) in [6, 6.07) is 21.6. The van der Waals surface area contributed by atoms with Crippen LogP contribution in [0.25, 0.3) is 33.1 Å². The molecule has 49 heavy (non-hydrogen) atoms. The molecule has 1 spiro atoms. The fraction of sp³-hybridized carbons (Fsp3) is 0.158. The quantitative estimate of drug-likeness (QED) is 0.152. The van der Waals surface area contributed by atoms with Crippen molar-refractivity contribution in [3.63, 3.8) is 0 Å². The van der Waals surface area contributed by atoms with Crippen LogP contribution in [0.1, 0.15) is 79.7 Å². The zero-order valence-corrected chi connectivity index (χ0v) is 27.2. The predicted molar refractivity (Wildman–Crippen MR) is 182 cm³/mol. The van der Waals surface area contributed by atoms with E-state index in [9.17, 15) is 30.6 Å².